The molecule has 0 aliphatic carbocycles. The van der Waals surface area contributed by atoms with Gasteiger partial charge in [0.25, 0.3) is 0 Å². The Labute approximate surface area is 115 Å². The molecule has 1 unspecified atom stereocenters. The Morgan fingerprint density at radius 3 is 2.37 bits per heavy atom. The predicted octanol–water partition coefficient (Wildman–Crippen LogP) is 4.56. The molecule has 19 heavy (non-hydrogen) atoms. The molecule has 2 aromatic rings. The molecular weight excluding hydrogens is 232 g/mol. The lowest BCUT2D eigenvalue weighted by molar-refractivity contribution is 0.512. The highest BCUT2D eigenvalue weighted by atomic mass is 14.9. The van der Waals surface area contributed by atoms with Gasteiger partial charge in [0.05, 0.1) is 11.6 Å². The Balaban J connectivity index is 2.48. The van der Waals surface area contributed by atoms with Crippen LogP contribution >= 0.6 is 0 Å². The molecule has 0 bridgehead atoms. The van der Waals surface area contributed by atoms with E-state index in [1.807, 2.05) is 30.3 Å². The van der Waals surface area contributed by atoms with E-state index in [9.17, 15) is 5.26 Å². The summed E-state index contributed by atoms with van der Waals surface area (Å²) < 4.78 is 0. The molecule has 0 radical (unpaired) electrons. The van der Waals surface area contributed by atoms with Crippen LogP contribution in [-0.2, 0) is 0 Å². The molecule has 1 atom stereocenters. The second-order valence-corrected chi connectivity index (χ2v) is 5.22. The monoisotopic (exact) mass is 252 g/mol. The molecule has 0 spiro atoms. The molecule has 0 aliphatic heterocycles. The maximum absolute atomic E-state index is 9.17. The molecular formula is C17H20N2. The highest BCUT2D eigenvalue weighted by molar-refractivity contribution is 5.97. The van der Waals surface area contributed by atoms with Gasteiger partial charge in [-0.15, -0.1) is 0 Å². The van der Waals surface area contributed by atoms with Gasteiger partial charge in [0, 0.05) is 22.5 Å². The standard InChI is InChI=1S/C17H20N2/c1-4-16(12(2)3)19-17-10-9-13(11-18)14-7-5-6-8-15(14)17/h5-10,12,16,19H,4H2,1-3H3. The van der Waals surface area contributed by atoms with Crippen LogP contribution in [-0.4, -0.2) is 6.04 Å². The van der Waals surface area contributed by atoms with E-state index in [4.69, 9.17) is 0 Å². The molecule has 0 fully saturated rings. The largest absolute Gasteiger partial charge is 0.382 e. The summed E-state index contributed by atoms with van der Waals surface area (Å²) in [6.45, 7) is 6.66. The minimum atomic E-state index is 0.455. The molecule has 2 heteroatoms. The van der Waals surface area contributed by atoms with Crippen molar-refractivity contribution in [3.05, 3.63) is 42.0 Å². The summed E-state index contributed by atoms with van der Waals surface area (Å²) in [5.41, 5.74) is 1.86. The third-order valence-corrected chi connectivity index (χ3v) is 3.63. The van der Waals surface area contributed by atoms with Crippen LogP contribution in [0.25, 0.3) is 10.8 Å². The van der Waals surface area contributed by atoms with E-state index in [2.05, 4.69) is 38.2 Å². The van der Waals surface area contributed by atoms with E-state index in [0.29, 0.717) is 12.0 Å². The average molecular weight is 252 g/mol. The van der Waals surface area contributed by atoms with Crippen LogP contribution in [0.3, 0.4) is 0 Å². The van der Waals surface area contributed by atoms with Crippen molar-refractivity contribution in [3.63, 3.8) is 0 Å². The Kier molecular flexibility index (Phi) is 4.06. The van der Waals surface area contributed by atoms with E-state index < -0.39 is 0 Å². The summed E-state index contributed by atoms with van der Waals surface area (Å²) in [4.78, 5) is 0. The second kappa shape index (κ2) is 5.75. The number of rotatable bonds is 4. The molecule has 0 heterocycles. The molecule has 1 N–H and O–H groups in total. The van der Waals surface area contributed by atoms with E-state index >= 15 is 0 Å². The average Bonchev–Trinajstić information content (AvgIpc) is 2.44. The van der Waals surface area contributed by atoms with E-state index in [1.165, 1.54) is 0 Å². The van der Waals surface area contributed by atoms with Gasteiger partial charge >= 0.3 is 0 Å². The molecule has 2 nitrogen and oxygen atoms in total. The van der Waals surface area contributed by atoms with Gasteiger partial charge in [0.1, 0.15) is 0 Å². The Morgan fingerprint density at radius 2 is 1.79 bits per heavy atom. The third kappa shape index (κ3) is 2.71. The van der Waals surface area contributed by atoms with E-state index in [-0.39, 0.29) is 0 Å². The lowest BCUT2D eigenvalue weighted by Gasteiger charge is -2.23. The molecule has 2 aromatic carbocycles. The van der Waals surface area contributed by atoms with Gasteiger partial charge in [0.2, 0.25) is 0 Å². The fourth-order valence-corrected chi connectivity index (χ4v) is 2.46. The first-order valence-corrected chi connectivity index (χ1v) is 6.85. The normalized spacial score (nSPS) is 12.4. The number of nitrogens with one attached hydrogen (secondary N) is 1. The maximum atomic E-state index is 9.17. The number of nitriles is 1. The van der Waals surface area contributed by atoms with Crippen LogP contribution in [0.1, 0.15) is 32.8 Å². The SMILES string of the molecule is CCC(Nc1ccc(C#N)c2ccccc12)C(C)C. The first-order chi connectivity index (χ1) is 9.17. The molecule has 0 amide bonds. The van der Waals surface area contributed by atoms with Gasteiger partial charge in [-0.3, -0.25) is 0 Å². The summed E-state index contributed by atoms with van der Waals surface area (Å²) in [5.74, 6) is 0.583. The van der Waals surface area contributed by atoms with Gasteiger partial charge in [-0.25, -0.2) is 0 Å². The number of nitrogens with zero attached hydrogens (tertiary/aromatic N) is 1. The molecule has 0 aliphatic rings. The highest BCUT2D eigenvalue weighted by Gasteiger charge is 2.12. The lowest BCUT2D eigenvalue weighted by atomic mass is 9.99. The quantitative estimate of drug-likeness (QED) is 0.866. The van der Waals surface area contributed by atoms with Crippen molar-refractivity contribution in [1.29, 1.82) is 5.26 Å². The van der Waals surface area contributed by atoms with Gasteiger partial charge in [0.15, 0.2) is 0 Å². The number of fused-ring (bicyclic) bond motifs is 1. The number of anilines is 1. The second-order valence-electron chi connectivity index (χ2n) is 5.22. The van der Waals surface area contributed by atoms with Crippen LogP contribution in [0, 0.1) is 17.2 Å². The Morgan fingerprint density at radius 1 is 1.11 bits per heavy atom. The molecule has 0 saturated heterocycles. The Bertz CT molecular complexity index is 608. The fourth-order valence-electron chi connectivity index (χ4n) is 2.46. The minimum absolute atomic E-state index is 0.455. The van der Waals surface area contributed by atoms with Crippen LogP contribution < -0.4 is 5.32 Å². The molecule has 0 aromatic heterocycles. The molecule has 98 valence electrons. The smallest absolute Gasteiger partial charge is 0.0998 e. The number of hydrogen-bond donors (Lipinski definition) is 1. The summed E-state index contributed by atoms with van der Waals surface area (Å²) >= 11 is 0. The van der Waals surface area contributed by atoms with Crippen LogP contribution in [0.5, 0.6) is 0 Å². The van der Waals surface area contributed by atoms with Crippen LogP contribution in [0.15, 0.2) is 36.4 Å². The Hall–Kier alpha value is -2.01. The number of hydrogen-bond acceptors (Lipinski definition) is 2. The zero-order valence-electron chi connectivity index (χ0n) is 11.8. The topological polar surface area (TPSA) is 35.8 Å². The van der Waals surface area contributed by atoms with Gasteiger partial charge in [-0.2, -0.15) is 5.26 Å². The first kappa shape index (κ1) is 13.4. The molecule has 0 saturated carbocycles. The van der Waals surface area contributed by atoms with Crippen LogP contribution in [0.2, 0.25) is 0 Å². The lowest BCUT2D eigenvalue weighted by Crippen LogP contribution is -2.24. The zero-order valence-corrected chi connectivity index (χ0v) is 11.8. The zero-order chi connectivity index (χ0) is 13.8. The van der Waals surface area contributed by atoms with Crippen molar-refractivity contribution >= 4 is 16.5 Å². The number of benzene rings is 2. The molecule has 2 rings (SSSR count). The summed E-state index contributed by atoms with van der Waals surface area (Å²) in [7, 11) is 0. The van der Waals surface area contributed by atoms with Crippen molar-refractivity contribution in [2.75, 3.05) is 5.32 Å². The van der Waals surface area contributed by atoms with Gasteiger partial charge < -0.3 is 5.32 Å². The van der Waals surface area contributed by atoms with Gasteiger partial charge in [-0.1, -0.05) is 45.0 Å². The highest BCUT2D eigenvalue weighted by Crippen LogP contribution is 2.28. The fraction of sp³-hybridized carbons (Fsp3) is 0.353. The minimum Gasteiger partial charge on any atom is -0.382 e. The third-order valence-electron chi connectivity index (χ3n) is 3.63. The van der Waals surface area contributed by atoms with E-state index in [0.717, 1.165) is 28.4 Å². The van der Waals surface area contributed by atoms with Crippen molar-refractivity contribution in [2.45, 2.75) is 33.2 Å². The van der Waals surface area contributed by atoms with Crippen molar-refractivity contribution < 1.29 is 0 Å². The van der Waals surface area contributed by atoms with Crippen molar-refractivity contribution in [3.8, 4) is 6.07 Å². The summed E-state index contributed by atoms with van der Waals surface area (Å²) in [6.07, 6.45) is 1.09. The summed E-state index contributed by atoms with van der Waals surface area (Å²) in [6, 6.07) is 14.7. The first-order valence-electron chi connectivity index (χ1n) is 6.85. The van der Waals surface area contributed by atoms with E-state index in [1.54, 1.807) is 0 Å². The van der Waals surface area contributed by atoms with Crippen LogP contribution in [0.4, 0.5) is 5.69 Å². The maximum Gasteiger partial charge on any atom is 0.0998 e. The van der Waals surface area contributed by atoms with Gasteiger partial charge in [-0.05, 0) is 24.5 Å². The summed E-state index contributed by atoms with van der Waals surface area (Å²) in [5, 5.41) is 14.9. The van der Waals surface area contributed by atoms with Crippen molar-refractivity contribution in [1.82, 2.24) is 0 Å². The van der Waals surface area contributed by atoms with Crippen molar-refractivity contribution in [2.24, 2.45) is 5.92 Å². The predicted molar refractivity (Wildman–Crippen MR) is 81.2 cm³/mol.